The van der Waals surface area contributed by atoms with Gasteiger partial charge in [-0.25, -0.2) is 4.39 Å². The lowest BCUT2D eigenvalue weighted by Gasteiger charge is -2.18. The average Bonchev–Trinajstić information content (AvgIpc) is 3.04. The second-order valence-corrected chi connectivity index (χ2v) is 6.53. The summed E-state index contributed by atoms with van der Waals surface area (Å²) in [7, 11) is 1.90. The third kappa shape index (κ3) is 5.45. The van der Waals surface area contributed by atoms with E-state index in [0.717, 1.165) is 31.5 Å². The first-order valence-electron chi connectivity index (χ1n) is 9.02. The normalized spacial score (nSPS) is 12.0. The maximum atomic E-state index is 14.6. The summed E-state index contributed by atoms with van der Waals surface area (Å²) in [6.45, 7) is 5.19. The molecule has 2 aromatic rings. The Bertz CT molecular complexity index is 743. The summed E-state index contributed by atoms with van der Waals surface area (Å²) in [5.41, 5.74) is -0.233. The number of nitrogens with zero attached hydrogens (tertiary/aromatic N) is 2. The number of aromatic amines is 1. The van der Waals surface area contributed by atoms with E-state index in [9.17, 15) is 17.6 Å². The van der Waals surface area contributed by atoms with Crippen LogP contribution in [0.25, 0.3) is 11.1 Å². The van der Waals surface area contributed by atoms with Gasteiger partial charge in [-0.05, 0) is 32.5 Å². The van der Waals surface area contributed by atoms with Crippen LogP contribution in [0.4, 0.5) is 17.6 Å². The van der Waals surface area contributed by atoms with E-state index < -0.39 is 23.3 Å². The Balaban J connectivity index is 2.40. The van der Waals surface area contributed by atoms with E-state index in [1.54, 1.807) is 6.92 Å². The van der Waals surface area contributed by atoms with Crippen LogP contribution >= 0.6 is 0 Å². The van der Waals surface area contributed by atoms with Crippen molar-refractivity contribution in [2.45, 2.75) is 45.8 Å². The second kappa shape index (κ2) is 9.21. The number of hydrogen-bond donors (Lipinski definition) is 1. The Morgan fingerprint density at radius 2 is 1.89 bits per heavy atom. The fourth-order valence-corrected chi connectivity index (χ4v) is 2.76. The third-order valence-corrected chi connectivity index (χ3v) is 4.17. The number of alkyl halides is 3. The van der Waals surface area contributed by atoms with Gasteiger partial charge >= 0.3 is 6.18 Å². The molecule has 1 N–H and O–H groups in total. The largest absolute Gasteiger partial charge is 0.493 e. The number of H-pyrrole nitrogens is 1. The molecule has 0 fully saturated rings. The summed E-state index contributed by atoms with van der Waals surface area (Å²) >= 11 is 0. The third-order valence-electron chi connectivity index (χ3n) is 4.17. The topological polar surface area (TPSA) is 41.2 Å². The van der Waals surface area contributed by atoms with Gasteiger partial charge in [-0.3, -0.25) is 5.10 Å². The molecule has 0 atom stereocenters. The molecule has 0 aliphatic heterocycles. The minimum atomic E-state index is -4.65. The van der Waals surface area contributed by atoms with Gasteiger partial charge in [0, 0.05) is 23.7 Å². The first-order valence-corrected chi connectivity index (χ1v) is 9.02. The van der Waals surface area contributed by atoms with Gasteiger partial charge in [0.15, 0.2) is 0 Å². The Hall–Kier alpha value is -2.09. The number of ether oxygens (including phenoxy) is 1. The highest BCUT2D eigenvalue weighted by Crippen LogP contribution is 2.40. The quantitative estimate of drug-likeness (QED) is 0.597. The van der Waals surface area contributed by atoms with Gasteiger partial charge in [-0.2, -0.15) is 18.3 Å². The molecule has 1 heterocycles. The van der Waals surface area contributed by atoms with Crippen molar-refractivity contribution in [1.29, 1.82) is 0 Å². The molecule has 0 unspecified atom stereocenters. The SMILES string of the molecule is CCCCN(C)Cc1[nH]ncc1-c1cc(C(F)(F)F)c(OCCC)cc1F. The van der Waals surface area contributed by atoms with E-state index in [1.807, 2.05) is 11.9 Å². The van der Waals surface area contributed by atoms with Crippen molar-refractivity contribution in [3.05, 3.63) is 35.4 Å². The summed E-state index contributed by atoms with van der Waals surface area (Å²) in [6.07, 6.45) is -0.739. The zero-order chi connectivity index (χ0) is 20.0. The molecular formula is C19H25F4N3O. The first-order chi connectivity index (χ1) is 12.8. The van der Waals surface area contributed by atoms with Crippen LogP contribution in [-0.4, -0.2) is 35.3 Å². The predicted octanol–water partition coefficient (Wildman–Crippen LogP) is 5.26. The van der Waals surface area contributed by atoms with Crippen LogP contribution in [0.3, 0.4) is 0 Å². The van der Waals surface area contributed by atoms with Crippen LogP contribution in [0.5, 0.6) is 5.75 Å². The van der Waals surface area contributed by atoms with E-state index in [1.165, 1.54) is 6.20 Å². The number of rotatable bonds is 9. The molecule has 2 rings (SSSR count). The molecule has 0 saturated carbocycles. The van der Waals surface area contributed by atoms with Crippen molar-refractivity contribution in [3.63, 3.8) is 0 Å². The zero-order valence-corrected chi connectivity index (χ0v) is 15.8. The lowest BCUT2D eigenvalue weighted by molar-refractivity contribution is -0.138. The number of unbranched alkanes of at least 4 members (excludes halogenated alkanes) is 1. The maximum absolute atomic E-state index is 14.6. The van der Waals surface area contributed by atoms with Crippen molar-refractivity contribution < 1.29 is 22.3 Å². The molecule has 0 spiro atoms. The minimum absolute atomic E-state index is 0.0844. The van der Waals surface area contributed by atoms with Gasteiger partial charge in [-0.1, -0.05) is 20.3 Å². The molecular weight excluding hydrogens is 362 g/mol. The molecule has 4 nitrogen and oxygen atoms in total. The van der Waals surface area contributed by atoms with Crippen molar-refractivity contribution in [1.82, 2.24) is 15.1 Å². The van der Waals surface area contributed by atoms with Crippen molar-refractivity contribution in [2.24, 2.45) is 0 Å². The zero-order valence-electron chi connectivity index (χ0n) is 15.8. The Labute approximate surface area is 156 Å². The highest BCUT2D eigenvalue weighted by Gasteiger charge is 2.36. The Morgan fingerprint density at radius 1 is 1.15 bits per heavy atom. The summed E-state index contributed by atoms with van der Waals surface area (Å²) in [5, 5.41) is 6.68. The maximum Gasteiger partial charge on any atom is 0.419 e. The molecule has 0 radical (unpaired) electrons. The Morgan fingerprint density at radius 3 is 2.52 bits per heavy atom. The monoisotopic (exact) mass is 387 g/mol. The van der Waals surface area contributed by atoms with E-state index in [4.69, 9.17) is 4.74 Å². The van der Waals surface area contributed by atoms with Gasteiger partial charge in [0.05, 0.1) is 24.1 Å². The number of hydrogen-bond acceptors (Lipinski definition) is 3. The second-order valence-electron chi connectivity index (χ2n) is 6.53. The predicted molar refractivity (Wildman–Crippen MR) is 96.0 cm³/mol. The van der Waals surface area contributed by atoms with Gasteiger partial charge in [0.1, 0.15) is 11.6 Å². The van der Waals surface area contributed by atoms with Crippen molar-refractivity contribution in [2.75, 3.05) is 20.2 Å². The summed E-state index contributed by atoms with van der Waals surface area (Å²) < 4.78 is 60.1. The molecule has 0 aliphatic carbocycles. The smallest absolute Gasteiger partial charge is 0.419 e. The van der Waals surface area contributed by atoms with Crippen LogP contribution < -0.4 is 4.74 Å². The fourth-order valence-electron chi connectivity index (χ4n) is 2.76. The summed E-state index contributed by atoms with van der Waals surface area (Å²) in [5.74, 6) is -1.26. The van der Waals surface area contributed by atoms with Crippen LogP contribution in [-0.2, 0) is 12.7 Å². The number of aromatic nitrogens is 2. The first kappa shape index (κ1) is 21.2. The van der Waals surface area contributed by atoms with Gasteiger partial charge in [0.25, 0.3) is 0 Å². The van der Waals surface area contributed by atoms with E-state index in [2.05, 4.69) is 17.1 Å². The molecule has 0 saturated heterocycles. The molecule has 0 amide bonds. The summed E-state index contributed by atoms with van der Waals surface area (Å²) in [6, 6.07) is 1.62. The number of halogens is 4. The highest BCUT2D eigenvalue weighted by molar-refractivity contribution is 5.68. The highest BCUT2D eigenvalue weighted by atomic mass is 19.4. The van der Waals surface area contributed by atoms with Crippen LogP contribution in [0.1, 0.15) is 44.4 Å². The Kier molecular flexibility index (Phi) is 7.24. The molecule has 1 aromatic heterocycles. The molecule has 0 bridgehead atoms. The summed E-state index contributed by atoms with van der Waals surface area (Å²) in [4.78, 5) is 2.02. The van der Waals surface area contributed by atoms with E-state index in [-0.39, 0.29) is 12.2 Å². The standard InChI is InChI=1S/C19H25F4N3O/c1-4-6-7-26(3)12-17-14(11-24-25-17)13-9-15(19(21,22)23)18(10-16(13)20)27-8-5-2/h9-11H,4-8,12H2,1-3H3,(H,24,25). The van der Waals surface area contributed by atoms with E-state index >= 15 is 0 Å². The van der Waals surface area contributed by atoms with Gasteiger partial charge < -0.3 is 9.64 Å². The molecule has 1 aromatic carbocycles. The minimum Gasteiger partial charge on any atom is -0.493 e. The lowest BCUT2D eigenvalue weighted by atomic mass is 10.0. The van der Waals surface area contributed by atoms with Crippen molar-refractivity contribution in [3.8, 4) is 16.9 Å². The van der Waals surface area contributed by atoms with Gasteiger partial charge in [-0.15, -0.1) is 0 Å². The molecule has 8 heteroatoms. The lowest BCUT2D eigenvalue weighted by Crippen LogP contribution is -2.19. The number of nitrogens with one attached hydrogen (secondary N) is 1. The fraction of sp³-hybridized carbons (Fsp3) is 0.526. The molecule has 0 aliphatic rings. The van der Waals surface area contributed by atoms with E-state index in [0.29, 0.717) is 24.2 Å². The molecule has 27 heavy (non-hydrogen) atoms. The van der Waals surface area contributed by atoms with Crippen LogP contribution in [0, 0.1) is 5.82 Å². The van der Waals surface area contributed by atoms with Crippen LogP contribution in [0.15, 0.2) is 18.3 Å². The van der Waals surface area contributed by atoms with Crippen LogP contribution in [0.2, 0.25) is 0 Å². The van der Waals surface area contributed by atoms with Crippen molar-refractivity contribution >= 4 is 0 Å². The number of benzene rings is 1. The molecule has 150 valence electrons. The van der Waals surface area contributed by atoms with Gasteiger partial charge in [0.2, 0.25) is 0 Å². The average molecular weight is 387 g/mol.